The largest absolute Gasteiger partial charge is 0.497 e. The maximum absolute atomic E-state index is 12.4. The number of fused-ring (bicyclic) bond motifs is 1. The van der Waals surface area contributed by atoms with Crippen molar-refractivity contribution in [2.24, 2.45) is 5.92 Å². The van der Waals surface area contributed by atoms with E-state index in [1.807, 2.05) is 19.9 Å². The Balaban J connectivity index is 2.19. The van der Waals surface area contributed by atoms with Gasteiger partial charge in [0.05, 0.1) is 19.8 Å². The van der Waals surface area contributed by atoms with E-state index >= 15 is 0 Å². The molecule has 2 rings (SSSR count). The number of carbonyl (C=O) groups is 2. The van der Waals surface area contributed by atoms with E-state index in [1.165, 1.54) is 11.2 Å². The van der Waals surface area contributed by atoms with E-state index < -0.39 is 5.97 Å². The van der Waals surface area contributed by atoms with Crippen molar-refractivity contribution < 1.29 is 23.8 Å². The molecule has 1 heterocycles. The predicted molar refractivity (Wildman–Crippen MR) is 85.5 cm³/mol. The molecular weight excluding hydrogens is 298 g/mol. The minimum absolute atomic E-state index is 0.110. The Morgan fingerprint density at radius 2 is 2.09 bits per heavy atom. The molecule has 0 spiro atoms. The second kappa shape index (κ2) is 7.17. The lowest BCUT2D eigenvalue weighted by Gasteiger charge is -2.22. The van der Waals surface area contributed by atoms with Crippen LogP contribution >= 0.6 is 0 Å². The quantitative estimate of drug-likeness (QED) is 0.848. The van der Waals surface area contributed by atoms with Gasteiger partial charge in [-0.25, -0.2) is 0 Å². The topological polar surface area (TPSA) is 80.0 Å². The molecule has 0 aliphatic heterocycles. The van der Waals surface area contributed by atoms with Crippen LogP contribution in [0.1, 0.15) is 19.4 Å². The van der Waals surface area contributed by atoms with Crippen LogP contribution < -0.4 is 4.74 Å². The van der Waals surface area contributed by atoms with Crippen molar-refractivity contribution in [3.63, 3.8) is 0 Å². The van der Waals surface area contributed by atoms with Gasteiger partial charge in [0.2, 0.25) is 5.91 Å². The first-order valence-corrected chi connectivity index (χ1v) is 7.44. The van der Waals surface area contributed by atoms with E-state index in [0.29, 0.717) is 17.9 Å². The maximum Gasteiger partial charge on any atom is 0.323 e. The molecule has 6 heteroatoms. The highest BCUT2D eigenvalue weighted by Gasteiger charge is 2.20. The fourth-order valence-corrected chi connectivity index (χ4v) is 2.46. The van der Waals surface area contributed by atoms with Crippen LogP contribution in [0.2, 0.25) is 0 Å². The van der Waals surface area contributed by atoms with Gasteiger partial charge in [0, 0.05) is 23.6 Å². The third kappa shape index (κ3) is 4.25. The molecule has 1 amide bonds. The van der Waals surface area contributed by atoms with Gasteiger partial charge < -0.3 is 19.2 Å². The number of rotatable bonds is 7. The Morgan fingerprint density at radius 1 is 1.35 bits per heavy atom. The Morgan fingerprint density at radius 3 is 2.70 bits per heavy atom. The lowest BCUT2D eigenvalue weighted by molar-refractivity contribution is -0.144. The van der Waals surface area contributed by atoms with Crippen LogP contribution in [0.25, 0.3) is 11.0 Å². The van der Waals surface area contributed by atoms with Gasteiger partial charge in [0.25, 0.3) is 0 Å². The van der Waals surface area contributed by atoms with Crippen LogP contribution in [-0.2, 0) is 16.0 Å². The van der Waals surface area contributed by atoms with Crippen molar-refractivity contribution in [2.75, 3.05) is 20.2 Å². The van der Waals surface area contributed by atoms with E-state index in [0.717, 1.165) is 10.9 Å². The van der Waals surface area contributed by atoms with Gasteiger partial charge in [-0.2, -0.15) is 0 Å². The molecule has 1 aromatic carbocycles. The van der Waals surface area contributed by atoms with Crippen LogP contribution in [0.5, 0.6) is 5.75 Å². The van der Waals surface area contributed by atoms with Gasteiger partial charge in [-0.1, -0.05) is 13.8 Å². The fourth-order valence-electron chi connectivity index (χ4n) is 2.46. The predicted octanol–water partition coefficient (Wildman–Crippen LogP) is 2.55. The van der Waals surface area contributed by atoms with Crippen LogP contribution in [0.15, 0.2) is 28.9 Å². The standard InChI is InChI=1S/C17H21NO5/c1-11(2)8-18(9-17(20)21)16(19)6-12-10-23-15-7-13(22-3)4-5-14(12)15/h4-5,7,10-11H,6,8-9H2,1-3H3,(H,20,21). The van der Waals surface area contributed by atoms with Gasteiger partial charge in [0.15, 0.2) is 0 Å². The smallest absolute Gasteiger partial charge is 0.323 e. The summed E-state index contributed by atoms with van der Waals surface area (Å²) in [6.07, 6.45) is 1.65. The minimum atomic E-state index is -1.01. The Bertz CT molecular complexity index is 704. The highest BCUT2D eigenvalue weighted by molar-refractivity contribution is 5.89. The van der Waals surface area contributed by atoms with Crippen molar-refractivity contribution in [1.82, 2.24) is 4.90 Å². The average Bonchev–Trinajstić information content (AvgIpc) is 2.87. The average molecular weight is 319 g/mol. The zero-order valence-electron chi connectivity index (χ0n) is 13.5. The van der Waals surface area contributed by atoms with E-state index in [-0.39, 0.29) is 24.8 Å². The molecule has 124 valence electrons. The first-order valence-electron chi connectivity index (χ1n) is 7.44. The Kier molecular flexibility index (Phi) is 5.26. The third-order valence-corrected chi connectivity index (χ3v) is 3.47. The fraction of sp³-hybridized carbons (Fsp3) is 0.412. The molecule has 2 aromatic rings. The number of benzene rings is 1. The van der Waals surface area contributed by atoms with Crippen molar-refractivity contribution in [2.45, 2.75) is 20.3 Å². The van der Waals surface area contributed by atoms with Gasteiger partial charge in [-0.15, -0.1) is 0 Å². The number of carboxylic acid groups (broad SMARTS) is 1. The van der Waals surface area contributed by atoms with Crippen molar-refractivity contribution >= 4 is 22.8 Å². The number of carboxylic acids is 1. The van der Waals surface area contributed by atoms with E-state index in [9.17, 15) is 9.59 Å². The summed E-state index contributed by atoms with van der Waals surface area (Å²) in [7, 11) is 1.57. The first kappa shape index (κ1) is 16.9. The van der Waals surface area contributed by atoms with Crippen LogP contribution in [0.4, 0.5) is 0 Å². The lowest BCUT2D eigenvalue weighted by Crippen LogP contribution is -2.39. The van der Waals surface area contributed by atoms with Crippen molar-refractivity contribution in [3.8, 4) is 5.75 Å². The first-order chi connectivity index (χ1) is 10.9. The number of aliphatic carboxylic acids is 1. The summed E-state index contributed by atoms with van der Waals surface area (Å²) in [6, 6.07) is 5.39. The molecule has 1 aromatic heterocycles. The number of hydrogen-bond donors (Lipinski definition) is 1. The van der Waals surface area contributed by atoms with Gasteiger partial charge in [-0.05, 0) is 18.1 Å². The normalized spacial score (nSPS) is 11.0. The summed E-state index contributed by atoms with van der Waals surface area (Å²) in [4.78, 5) is 24.8. The number of nitrogens with zero attached hydrogens (tertiary/aromatic N) is 1. The van der Waals surface area contributed by atoms with Crippen molar-refractivity contribution in [3.05, 3.63) is 30.0 Å². The molecule has 6 nitrogen and oxygen atoms in total. The lowest BCUT2D eigenvalue weighted by atomic mass is 10.1. The van der Waals surface area contributed by atoms with Crippen LogP contribution in [0, 0.1) is 5.92 Å². The minimum Gasteiger partial charge on any atom is -0.497 e. The number of ether oxygens (including phenoxy) is 1. The number of methoxy groups -OCH3 is 1. The van der Waals surface area contributed by atoms with Crippen molar-refractivity contribution in [1.29, 1.82) is 0 Å². The maximum atomic E-state index is 12.4. The molecule has 0 fully saturated rings. The van der Waals surface area contributed by atoms with E-state index in [1.54, 1.807) is 19.2 Å². The van der Waals surface area contributed by atoms with Gasteiger partial charge >= 0.3 is 5.97 Å². The van der Waals surface area contributed by atoms with E-state index in [2.05, 4.69) is 0 Å². The SMILES string of the molecule is COc1ccc2c(CC(=O)N(CC(=O)O)CC(C)C)coc2c1. The third-order valence-electron chi connectivity index (χ3n) is 3.47. The summed E-state index contributed by atoms with van der Waals surface area (Å²) in [5, 5.41) is 9.81. The zero-order valence-corrected chi connectivity index (χ0v) is 13.5. The Hall–Kier alpha value is -2.50. The summed E-state index contributed by atoms with van der Waals surface area (Å²) in [6.45, 7) is 4.01. The number of carbonyl (C=O) groups excluding carboxylic acids is 1. The van der Waals surface area contributed by atoms with Gasteiger partial charge in [0.1, 0.15) is 17.9 Å². The second-order valence-electron chi connectivity index (χ2n) is 5.86. The van der Waals surface area contributed by atoms with Gasteiger partial charge in [-0.3, -0.25) is 9.59 Å². The number of amides is 1. The summed E-state index contributed by atoms with van der Waals surface area (Å²) >= 11 is 0. The molecular formula is C17H21NO5. The molecule has 1 N–H and O–H groups in total. The monoisotopic (exact) mass is 319 g/mol. The molecule has 23 heavy (non-hydrogen) atoms. The highest BCUT2D eigenvalue weighted by atomic mass is 16.5. The molecule has 0 aliphatic rings. The molecule has 0 bridgehead atoms. The summed E-state index contributed by atoms with van der Waals surface area (Å²) in [5.74, 6) is -0.360. The molecule has 0 unspecified atom stereocenters. The number of furan rings is 1. The molecule has 0 saturated heterocycles. The van der Waals surface area contributed by atoms with E-state index in [4.69, 9.17) is 14.3 Å². The summed E-state index contributed by atoms with van der Waals surface area (Å²) in [5.41, 5.74) is 1.38. The second-order valence-corrected chi connectivity index (χ2v) is 5.86. The number of hydrogen-bond acceptors (Lipinski definition) is 4. The molecule has 0 aliphatic carbocycles. The van der Waals surface area contributed by atoms with Crippen LogP contribution in [0.3, 0.4) is 0 Å². The highest BCUT2D eigenvalue weighted by Crippen LogP contribution is 2.26. The Labute approximate surface area is 134 Å². The molecule has 0 radical (unpaired) electrons. The van der Waals surface area contributed by atoms with Crippen LogP contribution in [-0.4, -0.2) is 42.1 Å². The molecule has 0 atom stereocenters. The molecule has 0 saturated carbocycles. The summed E-state index contributed by atoms with van der Waals surface area (Å²) < 4.78 is 10.6. The zero-order chi connectivity index (χ0) is 17.0.